The van der Waals surface area contributed by atoms with Gasteiger partial charge in [-0.3, -0.25) is 4.79 Å². The number of thiophene rings is 1. The molecule has 2 heterocycles. The molecule has 1 aromatic rings. The molecule has 1 saturated heterocycles. The summed E-state index contributed by atoms with van der Waals surface area (Å²) in [4.78, 5) is 15.0. The summed E-state index contributed by atoms with van der Waals surface area (Å²) in [5.74, 6) is 0.0399. The molecule has 0 bridgehead atoms. The summed E-state index contributed by atoms with van der Waals surface area (Å²) in [5.41, 5.74) is 7.02. The number of hydrogen-bond acceptors (Lipinski definition) is 3. The van der Waals surface area contributed by atoms with Crippen LogP contribution in [0, 0.1) is 12.3 Å². The van der Waals surface area contributed by atoms with Crippen LogP contribution in [0.25, 0.3) is 0 Å². The van der Waals surface area contributed by atoms with E-state index in [-0.39, 0.29) is 29.8 Å². The van der Waals surface area contributed by atoms with Gasteiger partial charge in [-0.05, 0) is 29.7 Å². The van der Waals surface area contributed by atoms with Crippen molar-refractivity contribution in [3.8, 4) is 0 Å². The number of carbonyl (C=O) groups is 1. The van der Waals surface area contributed by atoms with Gasteiger partial charge in [0.2, 0.25) is 0 Å². The van der Waals surface area contributed by atoms with Gasteiger partial charge in [0.15, 0.2) is 0 Å². The van der Waals surface area contributed by atoms with Gasteiger partial charge in [0.05, 0.1) is 5.02 Å². The Morgan fingerprint density at radius 2 is 2.21 bits per heavy atom. The topological polar surface area (TPSA) is 46.3 Å². The minimum absolute atomic E-state index is 0. The summed E-state index contributed by atoms with van der Waals surface area (Å²) in [5, 5.41) is 2.52. The van der Waals surface area contributed by atoms with Crippen LogP contribution < -0.4 is 5.73 Å². The zero-order valence-electron chi connectivity index (χ0n) is 11.4. The Kier molecular flexibility index (Phi) is 5.29. The van der Waals surface area contributed by atoms with Gasteiger partial charge < -0.3 is 10.6 Å². The maximum absolute atomic E-state index is 12.4. The van der Waals surface area contributed by atoms with Crippen molar-refractivity contribution in [3.63, 3.8) is 0 Å². The molecule has 0 aromatic carbocycles. The molecule has 2 N–H and O–H groups in total. The highest BCUT2D eigenvalue weighted by atomic mass is 35.5. The lowest BCUT2D eigenvalue weighted by molar-refractivity contribution is 0.0538. The molecule has 1 aliphatic heterocycles. The molecule has 0 spiro atoms. The molecule has 0 aliphatic carbocycles. The molecule has 0 saturated carbocycles. The van der Waals surface area contributed by atoms with E-state index in [0.717, 1.165) is 18.5 Å². The first-order valence-corrected chi connectivity index (χ1v) is 7.37. The number of halogens is 2. The molecule has 3 nitrogen and oxygen atoms in total. The zero-order valence-corrected chi connectivity index (χ0v) is 13.8. The molecule has 1 unspecified atom stereocenters. The summed E-state index contributed by atoms with van der Waals surface area (Å²) in [7, 11) is 0. The van der Waals surface area contributed by atoms with Crippen LogP contribution in [0.15, 0.2) is 5.38 Å². The number of hydrogen-bond donors (Lipinski definition) is 1. The van der Waals surface area contributed by atoms with Crippen molar-refractivity contribution in [2.75, 3.05) is 13.1 Å². The molecule has 1 atom stereocenters. The molecule has 1 amide bonds. The van der Waals surface area contributed by atoms with Crippen molar-refractivity contribution in [2.24, 2.45) is 11.1 Å². The molecular formula is C13H20Cl2N2OS. The highest BCUT2D eigenvalue weighted by Crippen LogP contribution is 2.32. The SMILES string of the molecule is Cc1csc(C(=O)N2CCC(N)C(C)(C)C2)c1Cl.Cl. The van der Waals surface area contributed by atoms with Crippen molar-refractivity contribution < 1.29 is 4.79 Å². The van der Waals surface area contributed by atoms with Crippen LogP contribution in [0.4, 0.5) is 0 Å². The van der Waals surface area contributed by atoms with Crippen LogP contribution in [0.5, 0.6) is 0 Å². The lowest BCUT2D eigenvalue weighted by atomic mass is 9.79. The fourth-order valence-electron chi connectivity index (χ4n) is 2.26. The van der Waals surface area contributed by atoms with Gasteiger partial charge in [-0.15, -0.1) is 23.7 Å². The van der Waals surface area contributed by atoms with E-state index in [0.29, 0.717) is 16.4 Å². The van der Waals surface area contributed by atoms with E-state index in [1.54, 1.807) is 0 Å². The Morgan fingerprint density at radius 1 is 1.58 bits per heavy atom. The van der Waals surface area contributed by atoms with Gasteiger partial charge in [0.25, 0.3) is 5.91 Å². The van der Waals surface area contributed by atoms with E-state index in [2.05, 4.69) is 13.8 Å². The van der Waals surface area contributed by atoms with Gasteiger partial charge in [0, 0.05) is 19.1 Å². The van der Waals surface area contributed by atoms with Gasteiger partial charge in [-0.2, -0.15) is 0 Å². The van der Waals surface area contributed by atoms with Gasteiger partial charge in [-0.1, -0.05) is 25.4 Å². The molecule has 1 fully saturated rings. The second-order valence-electron chi connectivity index (χ2n) is 5.67. The van der Waals surface area contributed by atoms with Crippen molar-refractivity contribution in [2.45, 2.75) is 33.2 Å². The molecule has 2 rings (SSSR count). The largest absolute Gasteiger partial charge is 0.337 e. The van der Waals surface area contributed by atoms with Crippen LogP contribution in [-0.4, -0.2) is 29.9 Å². The highest BCUT2D eigenvalue weighted by Gasteiger charge is 2.36. The van der Waals surface area contributed by atoms with Gasteiger partial charge in [0.1, 0.15) is 4.88 Å². The lowest BCUT2D eigenvalue weighted by Crippen LogP contribution is -2.53. The van der Waals surface area contributed by atoms with Crippen LogP contribution in [-0.2, 0) is 0 Å². The smallest absolute Gasteiger partial charge is 0.265 e. The van der Waals surface area contributed by atoms with E-state index in [1.165, 1.54) is 11.3 Å². The number of amides is 1. The van der Waals surface area contributed by atoms with Gasteiger partial charge >= 0.3 is 0 Å². The van der Waals surface area contributed by atoms with Crippen molar-refractivity contribution in [1.82, 2.24) is 4.90 Å². The third-order valence-corrected chi connectivity index (χ3v) is 5.38. The summed E-state index contributed by atoms with van der Waals surface area (Å²) < 4.78 is 0. The Bertz CT molecular complexity index is 473. The first kappa shape index (κ1) is 16.8. The summed E-state index contributed by atoms with van der Waals surface area (Å²) >= 11 is 7.59. The summed E-state index contributed by atoms with van der Waals surface area (Å²) in [6, 6.07) is 0.155. The molecule has 1 aromatic heterocycles. The van der Waals surface area contributed by atoms with E-state index in [4.69, 9.17) is 17.3 Å². The quantitative estimate of drug-likeness (QED) is 0.862. The average Bonchev–Trinajstić information content (AvgIpc) is 2.63. The van der Waals surface area contributed by atoms with E-state index < -0.39 is 0 Å². The number of rotatable bonds is 1. The number of piperidine rings is 1. The molecular weight excluding hydrogens is 303 g/mol. The Hall–Kier alpha value is -0.290. The van der Waals surface area contributed by atoms with Crippen LogP contribution in [0.2, 0.25) is 5.02 Å². The number of carbonyl (C=O) groups excluding carboxylic acids is 1. The predicted molar refractivity (Wildman–Crippen MR) is 83.6 cm³/mol. The maximum atomic E-state index is 12.4. The maximum Gasteiger partial charge on any atom is 0.265 e. The number of nitrogens with two attached hydrogens (primary N) is 1. The third kappa shape index (κ3) is 3.24. The highest BCUT2D eigenvalue weighted by molar-refractivity contribution is 7.13. The zero-order chi connectivity index (χ0) is 13.5. The standard InChI is InChI=1S/C13H19ClN2OS.ClH/c1-8-6-18-11(10(8)14)12(17)16-5-4-9(15)13(2,3)7-16;/h6,9H,4-5,7,15H2,1-3H3;1H. The van der Waals surface area contributed by atoms with Crippen molar-refractivity contribution in [1.29, 1.82) is 0 Å². The minimum Gasteiger partial charge on any atom is -0.337 e. The summed E-state index contributed by atoms with van der Waals surface area (Å²) in [6.45, 7) is 7.55. The first-order chi connectivity index (χ1) is 8.33. The monoisotopic (exact) mass is 322 g/mol. The number of nitrogens with zero attached hydrogens (tertiary/aromatic N) is 1. The second-order valence-corrected chi connectivity index (χ2v) is 6.93. The first-order valence-electron chi connectivity index (χ1n) is 6.11. The predicted octanol–water partition coefficient (Wildman–Crippen LogP) is 3.33. The fraction of sp³-hybridized carbons (Fsp3) is 0.615. The lowest BCUT2D eigenvalue weighted by Gasteiger charge is -2.42. The van der Waals surface area contributed by atoms with Crippen molar-refractivity contribution >= 4 is 41.3 Å². The molecule has 6 heteroatoms. The molecule has 19 heavy (non-hydrogen) atoms. The van der Waals surface area contributed by atoms with E-state index >= 15 is 0 Å². The van der Waals surface area contributed by atoms with Crippen LogP contribution in [0.3, 0.4) is 0 Å². The number of aryl methyl sites for hydroxylation is 1. The van der Waals surface area contributed by atoms with Crippen molar-refractivity contribution in [3.05, 3.63) is 20.8 Å². The average molecular weight is 323 g/mol. The normalized spacial score (nSPS) is 21.9. The van der Waals surface area contributed by atoms with Crippen LogP contribution >= 0.6 is 35.3 Å². The van der Waals surface area contributed by atoms with E-state index in [1.807, 2.05) is 17.2 Å². The third-order valence-electron chi connectivity index (χ3n) is 3.69. The van der Waals surface area contributed by atoms with E-state index in [9.17, 15) is 4.79 Å². The minimum atomic E-state index is -0.0350. The van der Waals surface area contributed by atoms with Gasteiger partial charge in [-0.25, -0.2) is 0 Å². The van der Waals surface area contributed by atoms with Crippen LogP contribution in [0.1, 0.15) is 35.5 Å². The second kappa shape index (κ2) is 6.00. The fourth-order valence-corrected chi connectivity index (χ4v) is 3.51. The Morgan fingerprint density at radius 3 is 2.68 bits per heavy atom. The molecule has 0 radical (unpaired) electrons. The Balaban J connectivity index is 0.00000180. The molecule has 108 valence electrons. The Labute approximate surface area is 129 Å². The number of likely N-dealkylation sites (tertiary alicyclic amines) is 1. The summed E-state index contributed by atoms with van der Waals surface area (Å²) in [6.07, 6.45) is 0.848. The molecule has 1 aliphatic rings.